The average Bonchev–Trinajstić information content (AvgIpc) is 3.16. The number of hydrogen-bond donors (Lipinski definition) is 1. The van der Waals surface area contributed by atoms with Crippen LogP contribution in [0, 0.1) is 11.3 Å². The number of carbonyl (C=O) groups excluding carboxylic acids is 2. The van der Waals surface area contributed by atoms with Gasteiger partial charge in [-0.3, -0.25) is 14.6 Å². The van der Waals surface area contributed by atoms with Crippen LogP contribution in [0.25, 0.3) is 0 Å². The molecule has 1 aliphatic carbocycles. The summed E-state index contributed by atoms with van der Waals surface area (Å²) in [6, 6.07) is 11.5. The summed E-state index contributed by atoms with van der Waals surface area (Å²) in [5, 5.41) is 3.06. The van der Waals surface area contributed by atoms with Crippen LogP contribution < -0.4 is 10.1 Å². The Labute approximate surface area is 177 Å². The van der Waals surface area contributed by atoms with Crippen molar-refractivity contribution in [3.63, 3.8) is 0 Å². The van der Waals surface area contributed by atoms with Gasteiger partial charge in [-0.2, -0.15) is 0 Å². The fraction of sp³-hybridized carbons (Fsp3) is 0.458. The van der Waals surface area contributed by atoms with Crippen LogP contribution in [0.1, 0.15) is 37.3 Å². The van der Waals surface area contributed by atoms with Gasteiger partial charge in [0.15, 0.2) is 0 Å². The van der Waals surface area contributed by atoms with E-state index < -0.39 is 0 Å². The minimum Gasteiger partial charge on any atom is -0.494 e. The molecule has 4 rings (SSSR count). The molecule has 2 heterocycles. The monoisotopic (exact) mass is 407 g/mol. The van der Waals surface area contributed by atoms with Crippen LogP contribution in [0.3, 0.4) is 0 Å². The number of ether oxygens (including phenoxy) is 1. The lowest BCUT2D eigenvalue weighted by Crippen LogP contribution is -2.45. The Bertz CT molecular complexity index is 878. The number of benzene rings is 1. The Hall–Kier alpha value is -2.89. The van der Waals surface area contributed by atoms with Gasteiger partial charge in [0, 0.05) is 37.4 Å². The van der Waals surface area contributed by atoms with Crippen molar-refractivity contribution in [1.29, 1.82) is 0 Å². The van der Waals surface area contributed by atoms with Crippen molar-refractivity contribution < 1.29 is 14.3 Å². The van der Waals surface area contributed by atoms with Crippen LogP contribution in [-0.2, 0) is 22.6 Å². The van der Waals surface area contributed by atoms with E-state index in [2.05, 4.69) is 10.3 Å². The van der Waals surface area contributed by atoms with Gasteiger partial charge in [-0.25, -0.2) is 0 Å². The molecule has 1 spiro atoms. The van der Waals surface area contributed by atoms with Gasteiger partial charge in [-0.1, -0.05) is 24.6 Å². The largest absolute Gasteiger partial charge is 0.494 e. The Kier molecular flexibility index (Phi) is 6.02. The van der Waals surface area contributed by atoms with E-state index in [4.69, 9.17) is 4.74 Å². The number of amides is 2. The van der Waals surface area contributed by atoms with E-state index in [0.29, 0.717) is 32.7 Å². The van der Waals surface area contributed by atoms with E-state index in [1.54, 1.807) is 12.4 Å². The van der Waals surface area contributed by atoms with E-state index in [1.165, 1.54) is 0 Å². The average molecular weight is 408 g/mol. The van der Waals surface area contributed by atoms with Gasteiger partial charge < -0.3 is 15.0 Å². The Morgan fingerprint density at radius 3 is 2.63 bits per heavy atom. The number of likely N-dealkylation sites (tertiary alicyclic amines) is 1. The maximum Gasteiger partial charge on any atom is 0.227 e. The molecule has 1 aliphatic heterocycles. The molecule has 1 aromatic heterocycles. The topological polar surface area (TPSA) is 71.5 Å². The number of nitrogens with one attached hydrogen (secondary N) is 1. The van der Waals surface area contributed by atoms with Crippen molar-refractivity contribution in [1.82, 2.24) is 15.2 Å². The van der Waals surface area contributed by atoms with Crippen LogP contribution in [-0.4, -0.2) is 41.4 Å². The minimum atomic E-state index is -0.132. The standard InChI is InChI=1S/C24H29N3O3/c1-2-30-20-8-6-18(7-9-20)13-22(28)27-16-21(24(17-27)10-4-11-24)23(29)26-15-19-5-3-12-25-14-19/h3,5-9,12,14,21H,2,4,10-11,13,15-17H2,1H3,(H,26,29). The van der Waals surface area contributed by atoms with Gasteiger partial charge in [0.2, 0.25) is 11.8 Å². The van der Waals surface area contributed by atoms with Crippen molar-refractivity contribution in [2.24, 2.45) is 11.3 Å². The SMILES string of the molecule is CCOc1ccc(CC(=O)N2CC(C(=O)NCc3cccnc3)C3(CCC3)C2)cc1. The fourth-order valence-electron chi connectivity index (χ4n) is 4.63. The summed E-state index contributed by atoms with van der Waals surface area (Å²) in [6.45, 7) is 4.24. The number of hydrogen-bond acceptors (Lipinski definition) is 4. The molecule has 0 bridgehead atoms. The fourth-order valence-corrected chi connectivity index (χ4v) is 4.63. The normalized spacial score (nSPS) is 19.4. The molecule has 1 saturated carbocycles. The third kappa shape index (κ3) is 4.32. The highest BCUT2D eigenvalue weighted by atomic mass is 16.5. The summed E-state index contributed by atoms with van der Waals surface area (Å²) in [5.41, 5.74) is 1.90. The molecule has 1 aromatic carbocycles. The number of rotatable bonds is 7. The van der Waals surface area contributed by atoms with Gasteiger partial charge in [0.1, 0.15) is 5.75 Å². The predicted octanol–water partition coefficient (Wildman–Crippen LogP) is 2.97. The highest BCUT2D eigenvalue weighted by Gasteiger charge is 2.54. The summed E-state index contributed by atoms with van der Waals surface area (Å²) in [4.78, 5) is 31.9. The molecule has 2 amide bonds. The number of aromatic nitrogens is 1. The number of nitrogens with zero attached hydrogens (tertiary/aromatic N) is 2. The Balaban J connectivity index is 1.37. The molecule has 30 heavy (non-hydrogen) atoms. The van der Waals surface area contributed by atoms with Crippen molar-refractivity contribution >= 4 is 11.8 Å². The van der Waals surface area contributed by atoms with Gasteiger partial charge in [-0.15, -0.1) is 0 Å². The van der Waals surface area contributed by atoms with Gasteiger partial charge in [0.25, 0.3) is 0 Å². The van der Waals surface area contributed by atoms with Crippen LogP contribution in [0.4, 0.5) is 0 Å². The maximum absolute atomic E-state index is 13.0. The van der Waals surface area contributed by atoms with Crippen molar-refractivity contribution in [2.45, 2.75) is 39.2 Å². The molecule has 0 radical (unpaired) electrons. The lowest BCUT2D eigenvalue weighted by molar-refractivity contribution is -0.130. The molecule has 1 atom stereocenters. The first kappa shape index (κ1) is 20.4. The molecule has 1 saturated heterocycles. The lowest BCUT2D eigenvalue weighted by atomic mass is 9.62. The van der Waals surface area contributed by atoms with E-state index in [1.807, 2.05) is 48.2 Å². The number of carbonyl (C=O) groups is 2. The van der Waals surface area contributed by atoms with Crippen molar-refractivity contribution in [2.75, 3.05) is 19.7 Å². The minimum absolute atomic E-state index is 0.0481. The third-order valence-electron chi connectivity index (χ3n) is 6.45. The first-order valence-electron chi connectivity index (χ1n) is 10.8. The second-order valence-electron chi connectivity index (χ2n) is 8.38. The maximum atomic E-state index is 13.0. The summed E-state index contributed by atoms with van der Waals surface area (Å²) >= 11 is 0. The summed E-state index contributed by atoms with van der Waals surface area (Å²) < 4.78 is 5.47. The highest BCUT2D eigenvalue weighted by Crippen LogP contribution is 2.51. The Morgan fingerprint density at radius 2 is 2.00 bits per heavy atom. The summed E-state index contributed by atoms with van der Waals surface area (Å²) in [6.07, 6.45) is 7.01. The van der Waals surface area contributed by atoms with E-state index >= 15 is 0 Å². The van der Waals surface area contributed by atoms with Crippen molar-refractivity contribution in [3.8, 4) is 5.75 Å². The van der Waals surface area contributed by atoms with E-state index in [0.717, 1.165) is 36.1 Å². The Morgan fingerprint density at radius 1 is 1.20 bits per heavy atom. The molecule has 1 unspecified atom stereocenters. The second kappa shape index (κ2) is 8.86. The zero-order valence-electron chi connectivity index (χ0n) is 17.5. The van der Waals surface area contributed by atoms with E-state index in [-0.39, 0.29) is 23.1 Å². The summed E-state index contributed by atoms with van der Waals surface area (Å²) in [5.74, 6) is 0.823. The molecule has 2 aliphatic rings. The first-order valence-corrected chi connectivity index (χ1v) is 10.8. The predicted molar refractivity (Wildman–Crippen MR) is 114 cm³/mol. The van der Waals surface area contributed by atoms with Gasteiger partial charge in [-0.05, 0) is 49.1 Å². The molecule has 6 nitrogen and oxygen atoms in total. The molecular formula is C24H29N3O3. The van der Waals surface area contributed by atoms with Gasteiger partial charge >= 0.3 is 0 Å². The zero-order valence-corrected chi connectivity index (χ0v) is 17.5. The van der Waals surface area contributed by atoms with Crippen LogP contribution in [0.15, 0.2) is 48.8 Å². The molecule has 2 fully saturated rings. The molecule has 158 valence electrons. The molecule has 1 N–H and O–H groups in total. The highest BCUT2D eigenvalue weighted by molar-refractivity contribution is 5.84. The third-order valence-corrected chi connectivity index (χ3v) is 6.45. The summed E-state index contributed by atoms with van der Waals surface area (Å²) in [7, 11) is 0. The second-order valence-corrected chi connectivity index (χ2v) is 8.38. The molecule has 2 aromatic rings. The van der Waals surface area contributed by atoms with Crippen LogP contribution in [0.2, 0.25) is 0 Å². The van der Waals surface area contributed by atoms with Crippen LogP contribution in [0.5, 0.6) is 5.75 Å². The van der Waals surface area contributed by atoms with E-state index in [9.17, 15) is 9.59 Å². The van der Waals surface area contributed by atoms with Crippen LogP contribution >= 0.6 is 0 Å². The number of pyridine rings is 1. The lowest BCUT2D eigenvalue weighted by Gasteiger charge is -2.41. The quantitative estimate of drug-likeness (QED) is 0.766. The zero-order chi connectivity index (χ0) is 21.0. The first-order chi connectivity index (χ1) is 14.6. The smallest absolute Gasteiger partial charge is 0.227 e. The van der Waals surface area contributed by atoms with Gasteiger partial charge in [0.05, 0.1) is 18.9 Å². The molecular weight excluding hydrogens is 378 g/mol. The molecule has 6 heteroatoms. The van der Waals surface area contributed by atoms with Crippen molar-refractivity contribution in [3.05, 3.63) is 59.9 Å².